The lowest BCUT2D eigenvalue weighted by atomic mass is 10.1. The Hall–Kier alpha value is -2.99. The molecule has 2 aromatic carbocycles. The lowest BCUT2D eigenvalue weighted by molar-refractivity contribution is -0.127. The molecule has 1 N–H and O–H groups in total. The number of benzene rings is 2. The maximum Gasteiger partial charge on any atom is 0.222 e. The van der Waals surface area contributed by atoms with Crippen LogP contribution in [0, 0.1) is 6.92 Å². The van der Waals surface area contributed by atoms with Crippen LogP contribution in [0.25, 0.3) is 11.3 Å². The number of aromatic nitrogens is 3. The van der Waals surface area contributed by atoms with Gasteiger partial charge in [-0.2, -0.15) is 15.0 Å². The molecule has 1 saturated heterocycles. The fraction of sp³-hybridized carbons (Fsp3) is 0.375. The number of likely N-dealkylation sites (tertiary alicyclic amines) is 1. The maximum absolute atomic E-state index is 11.7. The summed E-state index contributed by atoms with van der Waals surface area (Å²) in [4.78, 5) is 15.5. The summed E-state index contributed by atoms with van der Waals surface area (Å²) >= 11 is 0. The predicted molar refractivity (Wildman–Crippen MR) is 118 cm³/mol. The first-order valence-corrected chi connectivity index (χ1v) is 10.7. The maximum atomic E-state index is 11.7. The van der Waals surface area contributed by atoms with E-state index in [4.69, 9.17) is 10.2 Å². The molecule has 1 amide bonds. The highest BCUT2D eigenvalue weighted by atomic mass is 16.2. The summed E-state index contributed by atoms with van der Waals surface area (Å²) in [5.74, 6) is 0.292. The molecule has 1 aliphatic rings. The van der Waals surface area contributed by atoms with Gasteiger partial charge in [0.1, 0.15) is 11.4 Å². The first-order chi connectivity index (χ1) is 14.7. The number of rotatable bonds is 9. The van der Waals surface area contributed by atoms with E-state index in [0.29, 0.717) is 25.4 Å². The second-order valence-electron chi connectivity index (χ2n) is 7.83. The topological polar surface area (TPSA) is 63.1 Å². The highest BCUT2D eigenvalue weighted by Gasteiger charge is 2.19. The van der Waals surface area contributed by atoms with E-state index >= 15 is 0 Å². The van der Waals surface area contributed by atoms with Crippen LogP contribution in [0.1, 0.15) is 36.1 Å². The number of hydrogen-bond acceptors (Lipinski definition) is 4. The lowest BCUT2D eigenvalue weighted by Crippen LogP contribution is -2.28. The molecule has 1 aromatic heterocycles. The van der Waals surface area contributed by atoms with Crippen molar-refractivity contribution in [1.82, 2.24) is 25.2 Å². The molecule has 156 valence electrons. The Kier molecular flexibility index (Phi) is 6.54. The van der Waals surface area contributed by atoms with Crippen LogP contribution in [0.3, 0.4) is 0 Å². The zero-order chi connectivity index (χ0) is 20.8. The number of carbonyl (C=O) groups is 1. The third-order valence-corrected chi connectivity index (χ3v) is 5.59. The fourth-order valence-corrected chi connectivity index (χ4v) is 3.87. The molecule has 0 saturated carbocycles. The summed E-state index contributed by atoms with van der Waals surface area (Å²) in [7, 11) is 0. The molecule has 3 aromatic rings. The molecule has 0 atom stereocenters. The number of hydrogen-bond donors (Lipinski definition) is 1. The smallest absolute Gasteiger partial charge is 0.222 e. The summed E-state index contributed by atoms with van der Waals surface area (Å²) in [5.41, 5.74) is 5.42. The van der Waals surface area contributed by atoms with Gasteiger partial charge in [-0.05, 0) is 37.4 Å². The number of carbonyl (C=O) groups excluding carboxylic acids is 1. The van der Waals surface area contributed by atoms with E-state index in [9.17, 15) is 4.79 Å². The van der Waals surface area contributed by atoms with Gasteiger partial charge < -0.3 is 10.2 Å². The minimum atomic E-state index is 0.292. The standard InChI is InChI=1S/C24H29N5O/c1-19-9-5-6-12-21(19)18-29-26-22(24(27-29)20-10-3-2-4-11-20)17-25-14-8-16-28-15-7-13-23(28)30/h2-6,9-12,25H,7-8,13-18H2,1H3. The van der Waals surface area contributed by atoms with Gasteiger partial charge in [-0.1, -0.05) is 54.6 Å². The van der Waals surface area contributed by atoms with Gasteiger partial charge >= 0.3 is 0 Å². The van der Waals surface area contributed by atoms with Crippen LogP contribution in [0.15, 0.2) is 54.6 Å². The van der Waals surface area contributed by atoms with E-state index in [1.807, 2.05) is 23.1 Å². The quantitative estimate of drug-likeness (QED) is 0.556. The molecule has 0 aliphatic carbocycles. The van der Waals surface area contributed by atoms with Crippen LogP contribution in [0.4, 0.5) is 0 Å². The Labute approximate surface area is 177 Å². The molecule has 0 bridgehead atoms. The molecular formula is C24H29N5O. The van der Waals surface area contributed by atoms with Gasteiger partial charge in [0.05, 0.1) is 6.54 Å². The van der Waals surface area contributed by atoms with Gasteiger partial charge in [0.2, 0.25) is 5.91 Å². The van der Waals surface area contributed by atoms with E-state index in [-0.39, 0.29) is 0 Å². The van der Waals surface area contributed by atoms with Crippen molar-refractivity contribution in [3.8, 4) is 11.3 Å². The van der Waals surface area contributed by atoms with Crippen molar-refractivity contribution in [2.75, 3.05) is 19.6 Å². The molecule has 30 heavy (non-hydrogen) atoms. The summed E-state index contributed by atoms with van der Waals surface area (Å²) < 4.78 is 0. The van der Waals surface area contributed by atoms with E-state index < -0.39 is 0 Å². The molecule has 0 radical (unpaired) electrons. The zero-order valence-electron chi connectivity index (χ0n) is 17.6. The SMILES string of the molecule is Cc1ccccc1Cn1nc(CNCCCN2CCCC2=O)c(-c2ccccc2)n1. The Balaban J connectivity index is 1.42. The van der Waals surface area contributed by atoms with Crippen molar-refractivity contribution in [2.45, 2.75) is 39.3 Å². The zero-order valence-corrected chi connectivity index (χ0v) is 17.6. The van der Waals surface area contributed by atoms with Crippen LogP contribution in [-0.2, 0) is 17.9 Å². The average molecular weight is 404 g/mol. The molecular weight excluding hydrogens is 374 g/mol. The molecule has 1 fully saturated rings. The van der Waals surface area contributed by atoms with Crippen molar-refractivity contribution >= 4 is 5.91 Å². The van der Waals surface area contributed by atoms with Crippen LogP contribution in [0.5, 0.6) is 0 Å². The third kappa shape index (κ3) is 4.94. The highest BCUT2D eigenvalue weighted by Crippen LogP contribution is 2.20. The average Bonchev–Trinajstić information content (AvgIpc) is 3.36. The molecule has 6 nitrogen and oxygen atoms in total. The van der Waals surface area contributed by atoms with Crippen molar-refractivity contribution in [1.29, 1.82) is 0 Å². The summed E-state index contributed by atoms with van der Waals surface area (Å²) in [5, 5.41) is 13.1. The first-order valence-electron chi connectivity index (χ1n) is 10.7. The van der Waals surface area contributed by atoms with Crippen LogP contribution >= 0.6 is 0 Å². The van der Waals surface area contributed by atoms with Gasteiger partial charge in [-0.25, -0.2) is 0 Å². The summed E-state index contributed by atoms with van der Waals surface area (Å²) in [6, 6.07) is 18.6. The van der Waals surface area contributed by atoms with E-state index in [2.05, 4.69) is 48.6 Å². The Bertz CT molecular complexity index is 982. The van der Waals surface area contributed by atoms with Crippen LogP contribution in [0.2, 0.25) is 0 Å². The van der Waals surface area contributed by atoms with Crippen LogP contribution < -0.4 is 5.32 Å². The molecule has 0 unspecified atom stereocenters. The van der Waals surface area contributed by atoms with Crippen molar-refractivity contribution in [2.24, 2.45) is 0 Å². The van der Waals surface area contributed by atoms with Gasteiger partial charge in [-0.3, -0.25) is 4.79 Å². The van der Waals surface area contributed by atoms with E-state index in [1.165, 1.54) is 11.1 Å². The molecule has 6 heteroatoms. The van der Waals surface area contributed by atoms with Gasteiger partial charge in [0, 0.05) is 31.6 Å². The van der Waals surface area contributed by atoms with Crippen LogP contribution in [-0.4, -0.2) is 45.4 Å². The Morgan fingerprint density at radius 3 is 2.60 bits per heavy atom. The van der Waals surface area contributed by atoms with Crippen molar-refractivity contribution in [3.05, 3.63) is 71.4 Å². The van der Waals surface area contributed by atoms with E-state index in [1.54, 1.807) is 4.80 Å². The summed E-state index contributed by atoms with van der Waals surface area (Å²) in [6.07, 6.45) is 2.65. The Morgan fingerprint density at radius 2 is 1.83 bits per heavy atom. The third-order valence-electron chi connectivity index (χ3n) is 5.59. The van der Waals surface area contributed by atoms with Crippen molar-refractivity contribution in [3.63, 3.8) is 0 Å². The number of nitrogens with zero attached hydrogens (tertiary/aromatic N) is 4. The van der Waals surface area contributed by atoms with Gasteiger partial charge in [0.15, 0.2) is 0 Å². The first kappa shape index (κ1) is 20.3. The highest BCUT2D eigenvalue weighted by molar-refractivity contribution is 5.78. The molecule has 1 aliphatic heterocycles. The van der Waals surface area contributed by atoms with Gasteiger partial charge in [0.25, 0.3) is 0 Å². The largest absolute Gasteiger partial charge is 0.343 e. The monoisotopic (exact) mass is 403 g/mol. The second kappa shape index (κ2) is 9.67. The van der Waals surface area contributed by atoms with Crippen molar-refractivity contribution < 1.29 is 4.79 Å². The minimum Gasteiger partial charge on any atom is -0.343 e. The summed E-state index contributed by atoms with van der Waals surface area (Å²) in [6.45, 7) is 6.02. The molecule has 4 rings (SSSR count). The number of aryl methyl sites for hydroxylation is 1. The van der Waals surface area contributed by atoms with E-state index in [0.717, 1.165) is 49.4 Å². The van der Waals surface area contributed by atoms with Gasteiger partial charge in [-0.15, -0.1) is 0 Å². The molecule has 0 spiro atoms. The lowest BCUT2D eigenvalue weighted by Gasteiger charge is -2.15. The minimum absolute atomic E-state index is 0.292. The predicted octanol–water partition coefficient (Wildman–Crippen LogP) is 3.40. The fourth-order valence-electron chi connectivity index (χ4n) is 3.87. The second-order valence-corrected chi connectivity index (χ2v) is 7.83. The number of nitrogens with one attached hydrogen (secondary N) is 1. The number of amides is 1. The Morgan fingerprint density at radius 1 is 1.03 bits per heavy atom. The normalized spacial score (nSPS) is 13.9. The molecule has 2 heterocycles.